The summed E-state index contributed by atoms with van der Waals surface area (Å²) in [7, 11) is 0. The van der Waals surface area contributed by atoms with Gasteiger partial charge in [0.25, 0.3) is 0 Å². The van der Waals surface area contributed by atoms with Crippen LogP contribution >= 0.6 is 35.6 Å². The van der Waals surface area contributed by atoms with Gasteiger partial charge in [-0.3, -0.25) is 4.90 Å². The van der Waals surface area contributed by atoms with Gasteiger partial charge in [-0.15, -0.1) is 0 Å². The highest BCUT2D eigenvalue weighted by molar-refractivity contribution is 8.14. The molecule has 1 N–H and O–H groups in total. The predicted molar refractivity (Wildman–Crippen MR) is 114 cm³/mol. The largest absolute Gasteiger partial charge is 0.332 e. The zero-order valence-corrected chi connectivity index (χ0v) is 16.6. The number of hydrogen-bond donors (Lipinski definition) is 1. The highest BCUT2D eigenvalue weighted by Gasteiger charge is 2.28. The topological polar surface area (TPSA) is 27.6 Å². The van der Waals surface area contributed by atoms with Crippen LogP contribution in [0.25, 0.3) is 0 Å². The molecule has 0 spiro atoms. The van der Waals surface area contributed by atoms with Gasteiger partial charge in [0.1, 0.15) is 0 Å². The Bertz CT molecular complexity index is 807. The van der Waals surface area contributed by atoms with Crippen molar-refractivity contribution < 1.29 is 0 Å². The summed E-state index contributed by atoms with van der Waals surface area (Å²) in [6, 6.07) is 15.9. The number of nitrogens with one attached hydrogen (secondary N) is 1. The van der Waals surface area contributed by atoms with Gasteiger partial charge in [0, 0.05) is 22.5 Å². The second-order valence-corrected chi connectivity index (χ2v) is 8.13. The smallest absolute Gasteiger partial charge is 0.179 e. The molecule has 0 aromatic heterocycles. The van der Waals surface area contributed by atoms with Gasteiger partial charge in [-0.05, 0) is 54.5 Å². The Morgan fingerprint density at radius 1 is 1.32 bits per heavy atom. The van der Waals surface area contributed by atoms with Crippen LogP contribution in [-0.2, 0) is 6.42 Å². The maximum atomic E-state index is 6.05. The third-order valence-corrected chi connectivity index (χ3v) is 5.47. The van der Waals surface area contributed by atoms with Crippen molar-refractivity contribution >= 4 is 57.2 Å². The number of aliphatic imine (C=N–C) groups is 1. The van der Waals surface area contributed by atoms with Crippen molar-refractivity contribution in [3.63, 3.8) is 0 Å². The van der Waals surface area contributed by atoms with Gasteiger partial charge >= 0.3 is 0 Å². The number of rotatable bonds is 3. The first-order chi connectivity index (χ1) is 12.0. The van der Waals surface area contributed by atoms with Crippen molar-refractivity contribution in [2.24, 2.45) is 4.99 Å². The second-order valence-electron chi connectivity index (χ2n) is 5.90. The van der Waals surface area contributed by atoms with Crippen molar-refractivity contribution in [3.05, 3.63) is 59.1 Å². The first-order valence-corrected chi connectivity index (χ1v) is 9.90. The Labute approximate surface area is 163 Å². The summed E-state index contributed by atoms with van der Waals surface area (Å²) in [5.41, 5.74) is 3.13. The van der Waals surface area contributed by atoms with Crippen LogP contribution in [0.2, 0.25) is 5.02 Å². The number of thioether (sulfide) groups is 1. The van der Waals surface area contributed by atoms with E-state index in [0.717, 1.165) is 29.5 Å². The average molecular weight is 390 g/mol. The molecule has 1 atom stereocenters. The van der Waals surface area contributed by atoms with Crippen LogP contribution in [-0.4, -0.2) is 27.0 Å². The molecule has 3 rings (SSSR count). The van der Waals surface area contributed by atoms with Gasteiger partial charge in [0.15, 0.2) is 10.3 Å². The lowest BCUT2D eigenvalue weighted by Gasteiger charge is -2.20. The van der Waals surface area contributed by atoms with Gasteiger partial charge < -0.3 is 5.32 Å². The van der Waals surface area contributed by atoms with Gasteiger partial charge in [-0.2, -0.15) is 0 Å². The lowest BCUT2D eigenvalue weighted by Crippen LogP contribution is -2.36. The number of aryl methyl sites for hydroxylation is 1. The number of thiocarbonyl (C=S) groups is 1. The van der Waals surface area contributed by atoms with Crippen LogP contribution in [0.15, 0.2) is 53.5 Å². The zero-order valence-electron chi connectivity index (χ0n) is 14.2. The molecule has 0 aliphatic carbocycles. The first-order valence-electron chi connectivity index (χ1n) is 8.23. The summed E-state index contributed by atoms with van der Waals surface area (Å²) >= 11 is 13.4. The van der Waals surface area contributed by atoms with Gasteiger partial charge in [-0.1, -0.05) is 55.4 Å². The summed E-state index contributed by atoms with van der Waals surface area (Å²) < 4.78 is 0. The fourth-order valence-corrected chi connectivity index (χ4v) is 4.15. The Kier molecular flexibility index (Phi) is 5.99. The van der Waals surface area contributed by atoms with E-state index in [4.69, 9.17) is 28.8 Å². The lowest BCUT2D eigenvalue weighted by atomic mass is 10.1. The molecule has 1 fully saturated rings. The fourth-order valence-electron chi connectivity index (χ4n) is 2.59. The van der Waals surface area contributed by atoms with Crippen molar-refractivity contribution in [1.29, 1.82) is 0 Å². The minimum Gasteiger partial charge on any atom is -0.332 e. The number of anilines is 1. The molecule has 0 saturated carbocycles. The van der Waals surface area contributed by atoms with Gasteiger partial charge in [0.05, 0.1) is 5.69 Å². The fraction of sp³-hybridized carbons (Fsp3) is 0.263. The molecule has 1 unspecified atom stereocenters. The minimum atomic E-state index is 0.437. The summed E-state index contributed by atoms with van der Waals surface area (Å²) in [5.74, 6) is 0. The number of benzene rings is 2. The van der Waals surface area contributed by atoms with E-state index in [1.165, 1.54) is 5.56 Å². The van der Waals surface area contributed by atoms with E-state index in [1.54, 1.807) is 11.8 Å². The molecule has 2 aromatic rings. The maximum Gasteiger partial charge on any atom is 0.179 e. The molecule has 0 radical (unpaired) electrons. The SMILES string of the molecule is CCc1cccc(N=C2SC(C)CN2C(=S)Nc2cccc(Cl)c2)c1. The van der Waals surface area contributed by atoms with E-state index in [0.29, 0.717) is 15.4 Å². The molecule has 25 heavy (non-hydrogen) atoms. The van der Waals surface area contributed by atoms with E-state index >= 15 is 0 Å². The Morgan fingerprint density at radius 2 is 2.12 bits per heavy atom. The van der Waals surface area contributed by atoms with Crippen LogP contribution in [0.5, 0.6) is 0 Å². The Hall–Kier alpha value is -1.56. The van der Waals surface area contributed by atoms with E-state index in [-0.39, 0.29) is 0 Å². The van der Waals surface area contributed by atoms with Crippen LogP contribution in [0, 0.1) is 0 Å². The molecule has 3 nitrogen and oxygen atoms in total. The number of hydrogen-bond acceptors (Lipinski definition) is 3. The molecular weight excluding hydrogens is 370 g/mol. The third kappa shape index (κ3) is 4.75. The summed E-state index contributed by atoms with van der Waals surface area (Å²) in [6.07, 6.45) is 1.00. The quantitative estimate of drug-likeness (QED) is 0.679. The van der Waals surface area contributed by atoms with Crippen LogP contribution in [0.1, 0.15) is 19.4 Å². The zero-order chi connectivity index (χ0) is 17.8. The van der Waals surface area contributed by atoms with Crippen LogP contribution < -0.4 is 5.32 Å². The summed E-state index contributed by atoms with van der Waals surface area (Å²) in [5, 5.41) is 5.96. The molecule has 1 saturated heterocycles. The Morgan fingerprint density at radius 3 is 2.88 bits per heavy atom. The minimum absolute atomic E-state index is 0.437. The maximum absolute atomic E-state index is 6.05. The third-order valence-electron chi connectivity index (χ3n) is 3.84. The molecule has 0 amide bonds. The predicted octanol–water partition coefficient (Wildman–Crippen LogP) is 5.72. The molecule has 0 bridgehead atoms. The number of amidine groups is 1. The van der Waals surface area contributed by atoms with E-state index in [2.05, 4.69) is 36.2 Å². The highest BCUT2D eigenvalue weighted by Crippen LogP contribution is 2.29. The molecule has 1 aliphatic heterocycles. The van der Waals surface area contributed by atoms with E-state index < -0.39 is 0 Å². The molecule has 2 aromatic carbocycles. The van der Waals surface area contributed by atoms with Crippen molar-refractivity contribution in [1.82, 2.24) is 4.90 Å². The monoisotopic (exact) mass is 389 g/mol. The Balaban J connectivity index is 1.81. The summed E-state index contributed by atoms with van der Waals surface area (Å²) in [6.45, 7) is 5.17. The normalized spacial score (nSPS) is 18.6. The van der Waals surface area contributed by atoms with Crippen molar-refractivity contribution in [2.75, 3.05) is 11.9 Å². The average Bonchev–Trinajstić information content (AvgIpc) is 2.95. The molecule has 6 heteroatoms. The second kappa shape index (κ2) is 8.21. The van der Waals surface area contributed by atoms with Crippen molar-refractivity contribution in [2.45, 2.75) is 25.5 Å². The molecule has 1 aliphatic rings. The van der Waals surface area contributed by atoms with Crippen LogP contribution in [0.4, 0.5) is 11.4 Å². The first kappa shape index (κ1) is 18.2. The van der Waals surface area contributed by atoms with E-state index in [9.17, 15) is 0 Å². The van der Waals surface area contributed by atoms with E-state index in [1.807, 2.05) is 36.4 Å². The van der Waals surface area contributed by atoms with Crippen molar-refractivity contribution in [3.8, 4) is 0 Å². The standard InChI is InChI=1S/C19H20ClN3S2/c1-3-14-6-4-8-16(10-14)22-19-23(12-13(2)25-19)18(24)21-17-9-5-7-15(20)11-17/h4-11,13H,3,12H2,1-2H3,(H,21,24). The molecule has 1 heterocycles. The number of nitrogens with zero attached hydrogens (tertiary/aromatic N) is 2. The lowest BCUT2D eigenvalue weighted by molar-refractivity contribution is 0.641. The van der Waals surface area contributed by atoms with Gasteiger partial charge in [-0.25, -0.2) is 4.99 Å². The summed E-state index contributed by atoms with van der Waals surface area (Å²) in [4.78, 5) is 6.89. The van der Waals surface area contributed by atoms with Gasteiger partial charge in [0.2, 0.25) is 0 Å². The number of halogens is 1. The van der Waals surface area contributed by atoms with Crippen LogP contribution in [0.3, 0.4) is 0 Å². The molecule has 130 valence electrons. The molecular formula is C19H20ClN3S2. The highest BCUT2D eigenvalue weighted by atomic mass is 35.5.